The van der Waals surface area contributed by atoms with Crippen LogP contribution in [0.3, 0.4) is 0 Å². The minimum atomic E-state index is -1.44. The van der Waals surface area contributed by atoms with Crippen molar-refractivity contribution < 1.29 is 0 Å². The Morgan fingerprint density at radius 1 is 0.407 bits per heavy atom. The van der Waals surface area contributed by atoms with Gasteiger partial charge in [-0.25, -0.2) is 0 Å². The Balaban J connectivity index is 6.48. The third-order valence-corrected chi connectivity index (χ3v) is 48.4. The normalized spacial score (nSPS) is 15.3. The molecule has 0 aliphatic heterocycles. The van der Waals surface area contributed by atoms with Gasteiger partial charge in [-0.3, -0.25) is 0 Å². The van der Waals surface area contributed by atoms with Crippen LogP contribution in [0.25, 0.3) is 0 Å². The van der Waals surface area contributed by atoms with Crippen LogP contribution < -0.4 is 0 Å². The van der Waals surface area contributed by atoms with Gasteiger partial charge in [0.15, 0.2) is 0 Å². The van der Waals surface area contributed by atoms with Crippen LogP contribution in [-0.4, -0.2) is 55.2 Å². The van der Waals surface area contributed by atoms with Crippen molar-refractivity contribution in [2.45, 2.75) is 130 Å². The number of hydrogen-bond acceptors (Lipinski definition) is 2. The van der Waals surface area contributed by atoms with Gasteiger partial charge in [0.05, 0.1) is 0 Å². The van der Waals surface area contributed by atoms with E-state index < -0.39 is 32.9 Å². The molecule has 0 aliphatic rings. The Morgan fingerprint density at radius 3 is 0.667 bits per heavy atom. The molecule has 2 nitrogen and oxygen atoms in total. The Morgan fingerprint density at radius 2 is 0.556 bits per heavy atom. The average Bonchev–Trinajstić information content (AvgIpc) is 2.45. The van der Waals surface area contributed by atoms with E-state index in [0.717, 1.165) is 22.2 Å². The summed E-state index contributed by atoms with van der Waals surface area (Å²) in [6.07, 6.45) is 0. The van der Waals surface area contributed by atoms with Crippen molar-refractivity contribution in [3.05, 3.63) is 0 Å². The molecule has 0 unspecified atom stereocenters. The maximum absolute atomic E-state index is 3.27. The third kappa shape index (κ3) is 6.17. The van der Waals surface area contributed by atoms with Gasteiger partial charge in [-0.2, -0.15) is 0 Å². The topological polar surface area (TPSA) is 6.48 Å². The number of nitrogens with zero attached hydrogens (tertiary/aromatic N) is 2. The van der Waals surface area contributed by atoms with E-state index in [2.05, 4.69) is 114 Å². The van der Waals surface area contributed by atoms with Gasteiger partial charge in [0.1, 0.15) is 0 Å². The molecule has 0 heterocycles. The molecule has 162 valence electrons. The van der Waals surface area contributed by atoms with E-state index in [0.29, 0.717) is 0 Å². The molecule has 0 atom stereocenters. The number of rotatable bonds is 10. The minimum absolute atomic E-state index is 0.268. The van der Waals surface area contributed by atoms with Gasteiger partial charge in [-0.15, -0.1) is 0 Å². The summed E-state index contributed by atoms with van der Waals surface area (Å²) in [5, 5.41) is 0. The van der Waals surface area contributed by atoms with Crippen molar-refractivity contribution in [1.29, 1.82) is 0 Å². The number of hydrogen-bond donors (Lipinski definition) is 0. The molecule has 0 aromatic rings. The summed E-state index contributed by atoms with van der Waals surface area (Å²) in [7, 11) is -5.78. The molecule has 0 saturated heterocycles. The second-order valence-electron chi connectivity index (χ2n) is 12.0. The van der Waals surface area contributed by atoms with Crippen LogP contribution in [0.1, 0.15) is 55.4 Å². The molecule has 0 N–H and O–H groups in total. The quantitative estimate of drug-likeness (QED) is 0.282. The van der Waals surface area contributed by atoms with Crippen molar-refractivity contribution >= 4 is 48.8 Å². The van der Waals surface area contributed by atoms with Crippen molar-refractivity contribution in [2.24, 2.45) is 0 Å². The van der Waals surface area contributed by atoms with Gasteiger partial charge in [-0.05, 0) is 0 Å². The van der Waals surface area contributed by atoms with E-state index in [1.807, 2.05) is 0 Å². The molecule has 7 heteroatoms. The first-order valence-electron chi connectivity index (χ1n) is 11.1. The van der Waals surface area contributed by atoms with Crippen LogP contribution in [0, 0.1) is 0 Å². The molecule has 0 rings (SSSR count). The Bertz CT molecular complexity index is 393. The molecule has 0 aromatic heterocycles. The van der Waals surface area contributed by atoms with Crippen LogP contribution >= 0.6 is 0 Å². The average molecular weight is 506 g/mol. The van der Waals surface area contributed by atoms with Crippen LogP contribution in [-0.2, 0) is 0 Å². The first-order chi connectivity index (χ1) is 11.7. The van der Waals surface area contributed by atoms with Crippen LogP contribution in [0.15, 0.2) is 0 Å². The van der Waals surface area contributed by atoms with E-state index >= 15 is 0 Å². The zero-order chi connectivity index (χ0) is 22.2. The van der Waals surface area contributed by atoms with Gasteiger partial charge in [0, 0.05) is 0 Å². The maximum atomic E-state index is 3.27. The molecule has 0 amide bonds. The predicted molar refractivity (Wildman–Crippen MR) is 140 cm³/mol. The summed E-state index contributed by atoms with van der Waals surface area (Å²) < 4.78 is 6.53. The molecule has 0 bridgehead atoms. The van der Waals surface area contributed by atoms with Gasteiger partial charge < -0.3 is 0 Å². The Kier molecular flexibility index (Phi) is 10.1. The zero-order valence-electron chi connectivity index (χ0n) is 21.7. The summed E-state index contributed by atoms with van der Waals surface area (Å²) in [4.78, 5) is 0. The standard InChI is InChI=1S/C20H52GeN2Si4/c1-17(2)24(9,10)22(25(11,12)18(3)4)21-23(26(13,14)19(5)6)27(15,16)20(7)8/h17-20H,1-16H3. The predicted octanol–water partition coefficient (Wildman–Crippen LogP) is 7.59. The van der Waals surface area contributed by atoms with Crippen LogP contribution in [0.2, 0.25) is 74.5 Å². The summed E-state index contributed by atoms with van der Waals surface area (Å²) in [5.74, 6) is 0. The third-order valence-electron chi connectivity index (χ3n) is 8.16. The van der Waals surface area contributed by atoms with E-state index in [1.165, 1.54) is 0 Å². The van der Waals surface area contributed by atoms with E-state index in [1.54, 1.807) is 0 Å². The second-order valence-corrected chi connectivity index (χ2v) is 38.6. The van der Waals surface area contributed by atoms with E-state index in [4.69, 9.17) is 0 Å². The molecule has 0 spiro atoms. The Labute approximate surface area is 184 Å². The molecular weight excluding hydrogens is 453 g/mol. The fraction of sp³-hybridized carbons (Fsp3) is 1.00. The van der Waals surface area contributed by atoms with Crippen LogP contribution in [0.4, 0.5) is 0 Å². The molecule has 0 fully saturated rings. The zero-order valence-corrected chi connectivity index (χ0v) is 27.8. The Hall–Kier alpha value is 1.33. The monoisotopic (exact) mass is 506 g/mol. The fourth-order valence-corrected chi connectivity index (χ4v) is 38.8. The molecular formula is C20H52GeN2Si4. The molecule has 2 radical (unpaired) electrons. The first-order valence-corrected chi connectivity index (χ1v) is 25.1. The van der Waals surface area contributed by atoms with E-state index in [-0.39, 0.29) is 15.9 Å². The summed E-state index contributed by atoms with van der Waals surface area (Å²) in [6, 6.07) is 0. The summed E-state index contributed by atoms with van der Waals surface area (Å²) >= 11 is -0.268. The summed E-state index contributed by atoms with van der Waals surface area (Å²) in [5.41, 5.74) is 3.28. The van der Waals surface area contributed by atoms with Gasteiger partial charge >= 0.3 is 185 Å². The van der Waals surface area contributed by atoms with Crippen molar-refractivity contribution in [3.8, 4) is 0 Å². The van der Waals surface area contributed by atoms with Gasteiger partial charge in [0.25, 0.3) is 0 Å². The second kappa shape index (κ2) is 9.64. The van der Waals surface area contributed by atoms with Gasteiger partial charge in [-0.1, -0.05) is 0 Å². The molecule has 0 aromatic carbocycles. The molecule has 0 saturated carbocycles. The van der Waals surface area contributed by atoms with Crippen molar-refractivity contribution in [2.75, 3.05) is 0 Å². The SMILES string of the molecule is CC(C)[Si](C)(C)[N]([Ge][N]([Si](C)(C)C(C)C)[Si](C)(C)C(C)C)[Si](C)(C)C(C)C. The summed E-state index contributed by atoms with van der Waals surface area (Å²) in [6.45, 7) is 41.3. The molecule has 27 heavy (non-hydrogen) atoms. The molecule has 0 aliphatic carbocycles. The van der Waals surface area contributed by atoms with Crippen LogP contribution in [0.5, 0.6) is 0 Å². The first kappa shape index (κ1) is 28.3. The van der Waals surface area contributed by atoms with Crippen molar-refractivity contribution in [3.63, 3.8) is 0 Å². The van der Waals surface area contributed by atoms with E-state index in [9.17, 15) is 0 Å². The van der Waals surface area contributed by atoms with Crippen molar-refractivity contribution in [1.82, 2.24) is 6.38 Å². The fourth-order valence-electron chi connectivity index (χ4n) is 3.13. The van der Waals surface area contributed by atoms with Gasteiger partial charge in [0.2, 0.25) is 0 Å².